The second kappa shape index (κ2) is 5.87. The van der Waals surface area contributed by atoms with E-state index in [0.717, 1.165) is 12.1 Å². The Labute approximate surface area is 116 Å². The molecule has 8 heteroatoms. The molecule has 0 aliphatic carbocycles. The van der Waals surface area contributed by atoms with E-state index < -0.39 is 16.0 Å². The van der Waals surface area contributed by atoms with Crippen LogP contribution in [-0.2, 0) is 21.2 Å². The van der Waals surface area contributed by atoms with Gasteiger partial charge in [-0.15, -0.1) is 11.3 Å². The summed E-state index contributed by atoms with van der Waals surface area (Å²) in [4.78, 5) is 14.7. The molecule has 0 atom stereocenters. The number of carbonyl (C=O) groups is 1. The van der Waals surface area contributed by atoms with Crippen LogP contribution in [0.5, 0.6) is 0 Å². The first-order valence-corrected chi connectivity index (χ1v) is 8.64. The van der Waals surface area contributed by atoms with E-state index in [1.807, 2.05) is 0 Å². The van der Waals surface area contributed by atoms with Crippen molar-refractivity contribution in [2.45, 2.75) is 32.1 Å². The van der Waals surface area contributed by atoms with Crippen LogP contribution in [0.2, 0.25) is 0 Å². The van der Waals surface area contributed by atoms with Gasteiger partial charge in [-0.05, 0) is 25.7 Å². The third-order valence-electron chi connectivity index (χ3n) is 2.93. The van der Waals surface area contributed by atoms with Gasteiger partial charge in [0, 0.05) is 18.3 Å². The predicted octanol–water partition coefficient (Wildman–Crippen LogP) is 1.48. The highest BCUT2D eigenvalue weighted by Gasteiger charge is 2.28. The van der Waals surface area contributed by atoms with Gasteiger partial charge in [-0.3, -0.25) is 4.79 Å². The summed E-state index contributed by atoms with van der Waals surface area (Å²) in [7, 11) is -3.21. The predicted molar refractivity (Wildman–Crippen MR) is 73.1 cm³/mol. The van der Waals surface area contributed by atoms with Crippen molar-refractivity contribution >= 4 is 32.5 Å². The van der Waals surface area contributed by atoms with Crippen LogP contribution < -0.4 is 4.31 Å². The van der Waals surface area contributed by atoms with Crippen molar-refractivity contribution in [3.8, 4) is 0 Å². The lowest BCUT2D eigenvalue weighted by Gasteiger charge is -2.25. The molecule has 1 fully saturated rings. The SMILES string of the molecule is O=C(O)CCCc1csc(N2CCCCS2(=O)=O)n1. The Hall–Kier alpha value is -1.15. The summed E-state index contributed by atoms with van der Waals surface area (Å²) in [5.41, 5.74) is 0.766. The average Bonchev–Trinajstić information content (AvgIpc) is 2.76. The standard InChI is InChI=1S/C11H16N2O4S2/c14-10(15)5-3-4-9-8-18-11(12-9)13-6-1-2-7-19(13,16)17/h8H,1-7H2,(H,14,15). The maximum Gasteiger partial charge on any atom is 0.303 e. The van der Waals surface area contributed by atoms with Crippen LogP contribution in [0.15, 0.2) is 5.38 Å². The summed E-state index contributed by atoms with van der Waals surface area (Å²) in [5.74, 6) is -0.643. The van der Waals surface area contributed by atoms with Crippen molar-refractivity contribution in [1.82, 2.24) is 4.98 Å². The monoisotopic (exact) mass is 304 g/mol. The van der Waals surface area contributed by atoms with Crippen LogP contribution >= 0.6 is 11.3 Å². The molecule has 0 radical (unpaired) electrons. The Balaban J connectivity index is 2.02. The Morgan fingerprint density at radius 2 is 2.26 bits per heavy atom. The van der Waals surface area contributed by atoms with E-state index >= 15 is 0 Å². The Bertz CT molecular complexity index is 553. The van der Waals surface area contributed by atoms with Crippen molar-refractivity contribution in [2.75, 3.05) is 16.6 Å². The van der Waals surface area contributed by atoms with E-state index in [-0.39, 0.29) is 12.2 Å². The number of carboxylic acids is 1. The van der Waals surface area contributed by atoms with Gasteiger partial charge in [-0.1, -0.05) is 0 Å². The van der Waals surface area contributed by atoms with Crippen molar-refractivity contribution in [3.63, 3.8) is 0 Å². The normalized spacial score (nSPS) is 18.4. The topological polar surface area (TPSA) is 87.6 Å². The zero-order valence-electron chi connectivity index (χ0n) is 10.4. The second-order valence-electron chi connectivity index (χ2n) is 4.46. The number of rotatable bonds is 5. The number of anilines is 1. The first kappa shape index (κ1) is 14.3. The Morgan fingerprint density at radius 1 is 1.47 bits per heavy atom. The largest absolute Gasteiger partial charge is 0.481 e. The molecule has 1 N–H and O–H groups in total. The van der Waals surface area contributed by atoms with E-state index in [1.54, 1.807) is 5.38 Å². The van der Waals surface area contributed by atoms with E-state index in [9.17, 15) is 13.2 Å². The van der Waals surface area contributed by atoms with Gasteiger partial charge in [0.2, 0.25) is 10.0 Å². The van der Waals surface area contributed by atoms with Crippen LogP contribution in [0.4, 0.5) is 5.13 Å². The van der Waals surface area contributed by atoms with Crippen LogP contribution in [0.25, 0.3) is 0 Å². The zero-order chi connectivity index (χ0) is 13.9. The fourth-order valence-corrected chi connectivity index (χ4v) is 4.69. The second-order valence-corrected chi connectivity index (χ2v) is 7.31. The smallest absolute Gasteiger partial charge is 0.303 e. The highest BCUT2D eigenvalue weighted by Crippen LogP contribution is 2.27. The van der Waals surface area contributed by atoms with Crippen LogP contribution in [0.3, 0.4) is 0 Å². The van der Waals surface area contributed by atoms with E-state index in [2.05, 4.69) is 4.98 Å². The zero-order valence-corrected chi connectivity index (χ0v) is 12.0. The Morgan fingerprint density at radius 3 is 2.95 bits per heavy atom. The van der Waals surface area contributed by atoms with Gasteiger partial charge in [0.15, 0.2) is 5.13 Å². The quantitative estimate of drug-likeness (QED) is 0.890. The summed E-state index contributed by atoms with van der Waals surface area (Å²) < 4.78 is 25.2. The average molecular weight is 304 g/mol. The van der Waals surface area contributed by atoms with Gasteiger partial charge in [0.05, 0.1) is 11.4 Å². The van der Waals surface area contributed by atoms with Crippen LogP contribution in [-0.4, -0.2) is 36.8 Å². The lowest BCUT2D eigenvalue weighted by atomic mass is 10.2. The summed E-state index contributed by atoms with van der Waals surface area (Å²) in [6.45, 7) is 0.490. The number of aromatic nitrogens is 1. The van der Waals surface area contributed by atoms with Crippen molar-refractivity contribution in [3.05, 3.63) is 11.1 Å². The summed E-state index contributed by atoms with van der Waals surface area (Å²) in [6, 6.07) is 0. The fourth-order valence-electron chi connectivity index (χ4n) is 1.95. The third-order valence-corrected chi connectivity index (χ3v) is 5.79. The minimum Gasteiger partial charge on any atom is -0.481 e. The summed E-state index contributed by atoms with van der Waals surface area (Å²) >= 11 is 1.31. The van der Waals surface area contributed by atoms with E-state index in [4.69, 9.17) is 5.11 Å². The highest BCUT2D eigenvalue weighted by molar-refractivity contribution is 7.93. The molecule has 1 aliphatic heterocycles. The molecule has 0 unspecified atom stereocenters. The molecule has 1 saturated heterocycles. The number of hydrogen-bond acceptors (Lipinski definition) is 5. The molecule has 2 heterocycles. The third kappa shape index (κ3) is 3.66. The number of thiazole rings is 1. The van der Waals surface area contributed by atoms with Crippen molar-refractivity contribution in [2.24, 2.45) is 0 Å². The molecule has 0 bridgehead atoms. The molecule has 0 saturated carbocycles. The molecule has 106 valence electrons. The molecular weight excluding hydrogens is 288 g/mol. The fraction of sp³-hybridized carbons (Fsp3) is 0.636. The minimum absolute atomic E-state index is 0.106. The number of nitrogens with zero attached hydrogens (tertiary/aromatic N) is 2. The molecule has 1 aliphatic rings. The molecule has 1 aromatic heterocycles. The van der Waals surface area contributed by atoms with Gasteiger partial charge < -0.3 is 5.11 Å². The summed E-state index contributed by atoms with van der Waals surface area (Å²) in [6.07, 6.45) is 2.75. The highest BCUT2D eigenvalue weighted by atomic mass is 32.2. The Kier molecular flexibility index (Phi) is 4.41. The first-order chi connectivity index (χ1) is 8.99. The number of sulfonamides is 1. The first-order valence-electron chi connectivity index (χ1n) is 6.15. The van der Waals surface area contributed by atoms with Crippen molar-refractivity contribution in [1.29, 1.82) is 0 Å². The molecular formula is C11H16N2O4S2. The molecule has 6 nitrogen and oxygen atoms in total. The maximum absolute atomic E-state index is 11.9. The van der Waals surface area contributed by atoms with E-state index in [0.29, 0.717) is 30.9 Å². The molecule has 0 spiro atoms. The number of aryl methyl sites for hydroxylation is 1. The van der Waals surface area contributed by atoms with Gasteiger partial charge in [-0.2, -0.15) is 0 Å². The molecule has 19 heavy (non-hydrogen) atoms. The molecule has 1 aromatic rings. The number of aliphatic carboxylic acids is 1. The van der Waals surface area contributed by atoms with Crippen molar-refractivity contribution < 1.29 is 18.3 Å². The lowest BCUT2D eigenvalue weighted by molar-refractivity contribution is -0.137. The summed E-state index contributed by atoms with van der Waals surface area (Å²) in [5, 5.41) is 10.9. The lowest BCUT2D eigenvalue weighted by Crippen LogP contribution is -2.37. The van der Waals surface area contributed by atoms with Gasteiger partial charge in [0.1, 0.15) is 0 Å². The molecule has 2 rings (SSSR count). The molecule has 0 amide bonds. The van der Waals surface area contributed by atoms with Gasteiger partial charge >= 0.3 is 5.97 Å². The minimum atomic E-state index is -3.21. The van der Waals surface area contributed by atoms with Crippen LogP contribution in [0.1, 0.15) is 31.4 Å². The van der Waals surface area contributed by atoms with Gasteiger partial charge in [0.25, 0.3) is 0 Å². The van der Waals surface area contributed by atoms with Gasteiger partial charge in [-0.25, -0.2) is 17.7 Å². The van der Waals surface area contributed by atoms with Crippen LogP contribution in [0, 0.1) is 0 Å². The van der Waals surface area contributed by atoms with E-state index in [1.165, 1.54) is 15.6 Å². The number of hydrogen-bond donors (Lipinski definition) is 1. The molecule has 0 aromatic carbocycles. The number of carboxylic acid groups (broad SMARTS) is 1. The maximum atomic E-state index is 11.9.